The Hall–Kier alpha value is -1.62. The molecule has 0 heterocycles. The molecule has 1 aromatic carbocycles. The molecule has 0 saturated heterocycles. The Morgan fingerprint density at radius 1 is 1.46 bits per heavy atom. The highest BCUT2D eigenvalue weighted by Gasteiger charge is 2.09. The van der Waals surface area contributed by atoms with Crippen LogP contribution in [0.25, 0.3) is 0 Å². The van der Waals surface area contributed by atoms with Crippen LogP contribution in [0.15, 0.2) is 30.3 Å². The SMILES string of the molecule is CON(C[N+](=O)[O-])c1ccccc1. The van der Waals surface area contributed by atoms with Crippen LogP contribution in [0.1, 0.15) is 0 Å². The number of nitrogens with zero attached hydrogens (tertiary/aromatic N) is 2. The van der Waals surface area contributed by atoms with E-state index in [1.807, 2.05) is 6.07 Å². The number of para-hydroxylation sites is 1. The van der Waals surface area contributed by atoms with E-state index in [-0.39, 0.29) is 6.67 Å². The fraction of sp³-hybridized carbons (Fsp3) is 0.250. The summed E-state index contributed by atoms with van der Waals surface area (Å²) in [5.41, 5.74) is 0.668. The van der Waals surface area contributed by atoms with Gasteiger partial charge in [0, 0.05) is 4.92 Å². The number of hydroxylamine groups is 1. The fourth-order valence-corrected chi connectivity index (χ4v) is 0.944. The third-order valence-electron chi connectivity index (χ3n) is 1.51. The molecule has 0 bridgehead atoms. The molecular weight excluding hydrogens is 172 g/mol. The van der Waals surface area contributed by atoms with Gasteiger partial charge in [-0.25, -0.2) is 0 Å². The molecular formula is C8H10N2O3. The van der Waals surface area contributed by atoms with E-state index in [0.717, 1.165) is 0 Å². The Balaban J connectivity index is 2.73. The Bertz CT molecular complexity index is 276. The Morgan fingerprint density at radius 3 is 2.54 bits per heavy atom. The van der Waals surface area contributed by atoms with Gasteiger partial charge in [0.15, 0.2) is 0 Å². The van der Waals surface area contributed by atoms with E-state index in [1.165, 1.54) is 12.2 Å². The Kier molecular flexibility index (Phi) is 3.22. The molecule has 0 aliphatic rings. The van der Waals surface area contributed by atoms with Gasteiger partial charge in [-0.2, -0.15) is 5.06 Å². The summed E-state index contributed by atoms with van der Waals surface area (Å²) in [5, 5.41) is 11.4. The standard InChI is InChI=1S/C8H10N2O3/c1-13-9(7-10(11)12)8-5-3-2-4-6-8/h2-6H,7H2,1H3. The molecule has 0 amide bonds. The third kappa shape index (κ3) is 2.72. The second-order valence-corrected chi connectivity index (χ2v) is 2.37. The molecule has 5 heteroatoms. The lowest BCUT2D eigenvalue weighted by molar-refractivity contribution is -0.486. The van der Waals surface area contributed by atoms with E-state index in [0.29, 0.717) is 5.69 Å². The van der Waals surface area contributed by atoms with Crippen molar-refractivity contribution in [2.75, 3.05) is 18.8 Å². The van der Waals surface area contributed by atoms with E-state index in [4.69, 9.17) is 4.84 Å². The van der Waals surface area contributed by atoms with Gasteiger partial charge in [-0.1, -0.05) is 18.2 Å². The first-order valence-corrected chi connectivity index (χ1v) is 3.72. The van der Waals surface area contributed by atoms with Crippen LogP contribution in [-0.4, -0.2) is 18.7 Å². The second kappa shape index (κ2) is 4.42. The maximum Gasteiger partial charge on any atom is 0.299 e. The van der Waals surface area contributed by atoms with Crippen LogP contribution in [0, 0.1) is 10.1 Å². The molecule has 0 unspecified atom stereocenters. The van der Waals surface area contributed by atoms with E-state index in [2.05, 4.69) is 0 Å². The summed E-state index contributed by atoms with van der Waals surface area (Å²) in [6.45, 7) is -0.361. The summed E-state index contributed by atoms with van der Waals surface area (Å²) < 4.78 is 0. The number of hydrogen-bond donors (Lipinski definition) is 0. The van der Waals surface area contributed by atoms with E-state index >= 15 is 0 Å². The molecule has 5 nitrogen and oxygen atoms in total. The predicted molar refractivity (Wildman–Crippen MR) is 47.8 cm³/mol. The monoisotopic (exact) mass is 182 g/mol. The summed E-state index contributed by atoms with van der Waals surface area (Å²) in [6.07, 6.45) is 0. The summed E-state index contributed by atoms with van der Waals surface area (Å²) in [6, 6.07) is 8.91. The maximum absolute atomic E-state index is 10.2. The molecule has 0 spiro atoms. The van der Waals surface area contributed by atoms with Crippen molar-refractivity contribution in [3.63, 3.8) is 0 Å². The quantitative estimate of drug-likeness (QED) is 0.400. The normalized spacial score (nSPS) is 9.62. The summed E-state index contributed by atoms with van der Waals surface area (Å²) in [7, 11) is 1.40. The van der Waals surface area contributed by atoms with Gasteiger partial charge in [0.05, 0.1) is 12.8 Å². The van der Waals surface area contributed by atoms with Crippen molar-refractivity contribution in [1.29, 1.82) is 0 Å². The molecule has 0 saturated carbocycles. The number of nitro groups is 1. The third-order valence-corrected chi connectivity index (χ3v) is 1.51. The summed E-state index contributed by atoms with van der Waals surface area (Å²) >= 11 is 0. The minimum Gasteiger partial charge on any atom is -0.271 e. The topological polar surface area (TPSA) is 55.6 Å². The van der Waals surface area contributed by atoms with E-state index < -0.39 is 4.92 Å². The highest BCUT2D eigenvalue weighted by molar-refractivity contribution is 5.42. The molecule has 0 aromatic heterocycles. The first-order chi connectivity index (χ1) is 6.24. The van der Waals surface area contributed by atoms with Crippen molar-refractivity contribution in [3.05, 3.63) is 40.4 Å². The van der Waals surface area contributed by atoms with Gasteiger partial charge < -0.3 is 0 Å². The van der Waals surface area contributed by atoms with Crippen molar-refractivity contribution < 1.29 is 9.76 Å². The highest BCUT2D eigenvalue weighted by atomic mass is 16.7. The van der Waals surface area contributed by atoms with Crippen LogP contribution in [0.3, 0.4) is 0 Å². The first-order valence-electron chi connectivity index (χ1n) is 3.72. The number of anilines is 1. The van der Waals surface area contributed by atoms with Crippen molar-refractivity contribution in [2.24, 2.45) is 0 Å². The minimum absolute atomic E-state index is 0.361. The van der Waals surface area contributed by atoms with Crippen LogP contribution in [0.4, 0.5) is 5.69 Å². The average molecular weight is 182 g/mol. The molecule has 0 aliphatic carbocycles. The van der Waals surface area contributed by atoms with Crippen LogP contribution in [-0.2, 0) is 4.84 Å². The van der Waals surface area contributed by atoms with Crippen molar-refractivity contribution in [2.45, 2.75) is 0 Å². The highest BCUT2D eigenvalue weighted by Crippen LogP contribution is 2.12. The number of hydrogen-bond acceptors (Lipinski definition) is 4. The fourth-order valence-electron chi connectivity index (χ4n) is 0.944. The summed E-state index contributed by atoms with van der Waals surface area (Å²) in [5.74, 6) is 0. The molecule has 1 aromatic rings. The van der Waals surface area contributed by atoms with Gasteiger partial charge in [0.1, 0.15) is 0 Å². The first kappa shape index (κ1) is 9.47. The van der Waals surface area contributed by atoms with Gasteiger partial charge in [-0.3, -0.25) is 15.0 Å². The lowest BCUT2D eigenvalue weighted by Crippen LogP contribution is -2.27. The lowest BCUT2D eigenvalue weighted by atomic mass is 10.3. The van der Waals surface area contributed by atoms with Crippen molar-refractivity contribution in [1.82, 2.24) is 0 Å². The van der Waals surface area contributed by atoms with E-state index in [1.54, 1.807) is 24.3 Å². The van der Waals surface area contributed by atoms with Gasteiger partial charge in [-0.15, -0.1) is 0 Å². The second-order valence-electron chi connectivity index (χ2n) is 2.37. The van der Waals surface area contributed by atoms with Crippen LogP contribution < -0.4 is 5.06 Å². The smallest absolute Gasteiger partial charge is 0.271 e. The van der Waals surface area contributed by atoms with Gasteiger partial charge in [-0.05, 0) is 12.1 Å². The summed E-state index contributed by atoms with van der Waals surface area (Å²) in [4.78, 5) is 14.6. The molecule has 0 aliphatic heterocycles. The predicted octanol–water partition coefficient (Wildman–Crippen LogP) is 1.29. The van der Waals surface area contributed by atoms with Crippen molar-refractivity contribution in [3.8, 4) is 0 Å². The molecule has 0 N–H and O–H groups in total. The Morgan fingerprint density at radius 2 is 2.08 bits per heavy atom. The zero-order valence-electron chi connectivity index (χ0n) is 7.21. The number of rotatable bonds is 4. The molecule has 70 valence electrons. The maximum atomic E-state index is 10.2. The lowest BCUT2D eigenvalue weighted by Gasteiger charge is -2.16. The zero-order valence-corrected chi connectivity index (χ0v) is 7.21. The molecule has 0 atom stereocenters. The molecule has 0 radical (unpaired) electrons. The van der Waals surface area contributed by atoms with Crippen LogP contribution in [0.2, 0.25) is 0 Å². The largest absolute Gasteiger partial charge is 0.299 e. The van der Waals surface area contributed by atoms with Gasteiger partial charge in [0.25, 0.3) is 6.67 Å². The van der Waals surface area contributed by atoms with Crippen LogP contribution >= 0.6 is 0 Å². The molecule has 0 fully saturated rings. The number of benzene rings is 1. The minimum atomic E-state index is -0.448. The van der Waals surface area contributed by atoms with Crippen LogP contribution in [0.5, 0.6) is 0 Å². The van der Waals surface area contributed by atoms with Gasteiger partial charge >= 0.3 is 0 Å². The van der Waals surface area contributed by atoms with Crippen molar-refractivity contribution >= 4 is 5.69 Å². The average Bonchev–Trinajstić information content (AvgIpc) is 2.15. The zero-order chi connectivity index (χ0) is 9.68. The molecule has 13 heavy (non-hydrogen) atoms. The molecule has 1 rings (SSSR count). The van der Waals surface area contributed by atoms with Gasteiger partial charge in [0.2, 0.25) is 0 Å². The van der Waals surface area contributed by atoms with E-state index in [9.17, 15) is 10.1 Å². The Labute approximate surface area is 75.6 Å².